The molecule has 0 fully saturated rings. The van der Waals surface area contributed by atoms with Gasteiger partial charge in [-0.15, -0.1) is 0 Å². The number of aliphatic hydroxyl groups is 1. The van der Waals surface area contributed by atoms with Crippen LogP contribution in [0.4, 0.5) is 4.79 Å². The number of aliphatic carboxylic acids is 1. The van der Waals surface area contributed by atoms with E-state index in [0.717, 1.165) is 11.3 Å². The minimum absolute atomic E-state index is 0.0258. The van der Waals surface area contributed by atoms with Gasteiger partial charge in [0.05, 0.1) is 13.1 Å². The van der Waals surface area contributed by atoms with Crippen LogP contribution in [0.15, 0.2) is 24.3 Å². The number of fused-ring (bicyclic) bond motifs is 1. The van der Waals surface area contributed by atoms with Gasteiger partial charge < -0.3 is 25.2 Å². The lowest BCUT2D eigenvalue weighted by molar-refractivity contribution is -0.139. The Labute approximate surface area is 122 Å². The number of carbonyl (C=O) groups is 2. The second-order valence-corrected chi connectivity index (χ2v) is 4.73. The van der Waals surface area contributed by atoms with Gasteiger partial charge in [0, 0.05) is 18.6 Å². The molecule has 0 bridgehead atoms. The number of nitrogens with one attached hydrogen (secondary N) is 1. The third-order valence-corrected chi connectivity index (χ3v) is 3.25. The number of hydrogen-bond donors (Lipinski definition) is 3. The summed E-state index contributed by atoms with van der Waals surface area (Å²) in [6.45, 7) is 0.769. The summed E-state index contributed by atoms with van der Waals surface area (Å²) in [7, 11) is 0. The Kier molecular flexibility index (Phi) is 4.99. The van der Waals surface area contributed by atoms with Crippen LogP contribution in [0, 0.1) is 0 Å². The van der Waals surface area contributed by atoms with E-state index in [1.165, 1.54) is 4.90 Å². The lowest BCUT2D eigenvalue weighted by atomic mass is 10.2. The van der Waals surface area contributed by atoms with Crippen LogP contribution < -0.4 is 10.1 Å². The summed E-state index contributed by atoms with van der Waals surface area (Å²) < 4.78 is 5.55. The van der Waals surface area contributed by atoms with Crippen LogP contribution in [0.1, 0.15) is 12.0 Å². The van der Waals surface area contributed by atoms with Crippen molar-refractivity contribution in [3.05, 3.63) is 29.8 Å². The van der Waals surface area contributed by atoms with Gasteiger partial charge in [-0.05, 0) is 6.07 Å². The highest BCUT2D eigenvalue weighted by Crippen LogP contribution is 2.22. The first-order valence-corrected chi connectivity index (χ1v) is 6.71. The van der Waals surface area contributed by atoms with Crippen molar-refractivity contribution in [3.63, 3.8) is 0 Å². The molecule has 0 aliphatic carbocycles. The second kappa shape index (κ2) is 6.94. The predicted molar refractivity (Wildman–Crippen MR) is 74.0 cm³/mol. The lowest BCUT2D eigenvalue weighted by Crippen LogP contribution is -2.48. The number of urea groups is 1. The molecule has 1 aliphatic heterocycles. The summed E-state index contributed by atoms with van der Waals surface area (Å²) >= 11 is 0. The number of carboxylic acids is 1. The van der Waals surface area contributed by atoms with Crippen molar-refractivity contribution in [2.45, 2.75) is 19.0 Å². The van der Waals surface area contributed by atoms with Gasteiger partial charge in [0.15, 0.2) is 0 Å². The summed E-state index contributed by atoms with van der Waals surface area (Å²) in [5, 5.41) is 20.2. The average Bonchev–Trinajstić information content (AvgIpc) is 2.68. The molecule has 1 aliphatic rings. The molecule has 3 N–H and O–H groups in total. The van der Waals surface area contributed by atoms with Crippen molar-refractivity contribution in [1.82, 2.24) is 10.2 Å². The zero-order chi connectivity index (χ0) is 15.2. The third-order valence-electron chi connectivity index (χ3n) is 3.25. The molecule has 0 aromatic heterocycles. The van der Waals surface area contributed by atoms with Crippen molar-refractivity contribution < 1.29 is 24.5 Å². The topological polar surface area (TPSA) is 99.1 Å². The molecule has 2 amide bonds. The molecule has 21 heavy (non-hydrogen) atoms. The molecular weight excluding hydrogens is 276 g/mol. The maximum Gasteiger partial charge on any atom is 0.326 e. The van der Waals surface area contributed by atoms with E-state index in [9.17, 15) is 9.59 Å². The summed E-state index contributed by atoms with van der Waals surface area (Å²) in [6, 6.07) is 5.84. The fourth-order valence-electron chi connectivity index (χ4n) is 2.13. The Morgan fingerprint density at radius 1 is 1.38 bits per heavy atom. The zero-order valence-corrected chi connectivity index (χ0v) is 11.5. The number of para-hydroxylation sites is 1. The molecule has 1 aromatic carbocycles. The molecule has 0 radical (unpaired) electrons. The largest absolute Gasteiger partial charge is 0.491 e. The first kappa shape index (κ1) is 15.1. The van der Waals surface area contributed by atoms with Gasteiger partial charge >= 0.3 is 12.0 Å². The summed E-state index contributed by atoms with van der Waals surface area (Å²) in [5.41, 5.74) is 0.874. The van der Waals surface area contributed by atoms with E-state index in [0.29, 0.717) is 19.7 Å². The van der Waals surface area contributed by atoms with Crippen molar-refractivity contribution >= 4 is 12.0 Å². The van der Waals surface area contributed by atoms with Gasteiger partial charge in [0.1, 0.15) is 18.4 Å². The molecule has 7 heteroatoms. The van der Waals surface area contributed by atoms with Crippen LogP contribution in [0.3, 0.4) is 0 Å². The number of carbonyl (C=O) groups excluding carboxylic acids is 1. The van der Waals surface area contributed by atoms with E-state index >= 15 is 0 Å². The standard InChI is InChI=1S/C14H18N2O5/c17-7-5-11(13(18)19)15-14(20)16-6-8-21-12-4-2-1-3-10(12)9-16/h1-4,11,17H,5-9H2,(H,15,20)(H,18,19). The van der Waals surface area contributed by atoms with E-state index in [4.69, 9.17) is 14.9 Å². The maximum atomic E-state index is 12.2. The lowest BCUT2D eigenvalue weighted by Gasteiger charge is -2.23. The molecule has 7 nitrogen and oxygen atoms in total. The molecule has 1 unspecified atom stereocenters. The molecule has 1 atom stereocenters. The number of amides is 2. The molecule has 1 aromatic rings. The van der Waals surface area contributed by atoms with Gasteiger partial charge in [-0.1, -0.05) is 18.2 Å². The van der Waals surface area contributed by atoms with E-state index in [2.05, 4.69) is 5.32 Å². The molecule has 2 rings (SSSR count). The van der Waals surface area contributed by atoms with Crippen molar-refractivity contribution in [1.29, 1.82) is 0 Å². The van der Waals surface area contributed by atoms with Crippen LogP contribution in [0.25, 0.3) is 0 Å². The highest BCUT2D eigenvalue weighted by atomic mass is 16.5. The molecular formula is C14H18N2O5. The third kappa shape index (κ3) is 3.85. The monoisotopic (exact) mass is 294 g/mol. The minimum atomic E-state index is -1.16. The van der Waals surface area contributed by atoms with Crippen LogP contribution in [0.2, 0.25) is 0 Å². The predicted octanol–water partition coefficient (Wildman–Crippen LogP) is 0.426. The first-order valence-electron chi connectivity index (χ1n) is 6.71. The van der Waals surface area contributed by atoms with E-state index in [-0.39, 0.29) is 13.0 Å². The molecule has 0 saturated heterocycles. The van der Waals surface area contributed by atoms with Crippen molar-refractivity contribution in [3.8, 4) is 5.75 Å². The number of aliphatic hydroxyl groups excluding tert-OH is 1. The van der Waals surface area contributed by atoms with Gasteiger partial charge in [0.2, 0.25) is 0 Å². The maximum absolute atomic E-state index is 12.2. The van der Waals surface area contributed by atoms with Gasteiger partial charge in [-0.3, -0.25) is 0 Å². The number of benzene rings is 1. The smallest absolute Gasteiger partial charge is 0.326 e. The number of carboxylic acid groups (broad SMARTS) is 1. The molecule has 0 spiro atoms. The Balaban J connectivity index is 2.04. The fraction of sp³-hybridized carbons (Fsp3) is 0.429. The number of ether oxygens (including phenoxy) is 1. The Hall–Kier alpha value is -2.28. The normalized spacial score (nSPS) is 15.4. The summed E-state index contributed by atoms with van der Waals surface area (Å²) in [4.78, 5) is 24.7. The van der Waals surface area contributed by atoms with E-state index < -0.39 is 18.0 Å². The van der Waals surface area contributed by atoms with Gasteiger partial charge in [-0.2, -0.15) is 0 Å². The average molecular weight is 294 g/mol. The van der Waals surface area contributed by atoms with Crippen LogP contribution in [-0.2, 0) is 11.3 Å². The Morgan fingerprint density at radius 3 is 2.86 bits per heavy atom. The SMILES string of the molecule is O=C(O)C(CCO)NC(=O)N1CCOc2ccccc2C1. The number of rotatable bonds is 4. The highest BCUT2D eigenvalue weighted by molar-refractivity contribution is 5.82. The summed E-state index contributed by atoms with van der Waals surface area (Å²) in [6.07, 6.45) is -0.0258. The molecule has 114 valence electrons. The first-order chi connectivity index (χ1) is 10.1. The highest BCUT2D eigenvalue weighted by Gasteiger charge is 2.24. The van der Waals surface area contributed by atoms with Gasteiger partial charge in [-0.25, -0.2) is 9.59 Å². The van der Waals surface area contributed by atoms with Crippen LogP contribution >= 0.6 is 0 Å². The fourth-order valence-corrected chi connectivity index (χ4v) is 2.13. The van der Waals surface area contributed by atoms with Crippen LogP contribution in [-0.4, -0.2) is 52.9 Å². The number of hydrogen-bond acceptors (Lipinski definition) is 4. The zero-order valence-electron chi connectivity index (χ0n) is 11.5. The number of nitrogens with zero attached hydrogens (tertiary/aromatic N) is 1. The second-order valence-electron chi connectivity index (χ2n) is 4.73. The van der Waals surface area contributed by atoms with E-state index in [1.807, 2.05) is 24.3 Å². The van der Waals surface area contributed by atoms with Crippen LogP contribution in [0.5, 0.6) is 5.75 Å². The van der Waals surface area contributed by atoms with Gasteiger partial charge in [0.25, 0.3) is 0 Å². The van der Waals surface area contributed by atoms with Crippen molar-refractivity contribution in [2.75, 3.05) is 19.8 Å². The van der Waals surface area contributed by atoms with E-state index in [1.54, 1.807) is 0 Å². The molecule has 0 saturated carbocycles. The van der Waals surface area contributed by atoms with Crippen molar-refractivity contribution in [2.24, 2.45) is 0 Å². The minimum Gasteiger partial charge on any atom is -0.491 e. The Bertz CT molecular complexity index is 520. The summed E-state index contributed by atoms with van der Waals surface area (Å²) in [5.74, 6) is -0.429. The Morgan fingerprint density at radius 2 is 2.14 bits per heavy atom. The molecule has 1 heterocycles. The quantitative estimate of drug-likeness (QED) is 0.747.